The van der Waals surface area contributed by atoms with Crippen LogP contribution in [-0.2, 0) is 4.79 Å². The van der Waals surface area contributed by atoms with E-state index < -0.39 is 0 Å². The Labute approximate surface area is 85.0 Å². The van der Waals surface area contributed by atoms with Gasteiger partial charge in [-0.2, -0.15) is 0 Å². The van der Waals surface area contributed by atoms with Gasteiger partial charge >= 0.3 is 0 Å². The van der Waals surface area contributed by atoms with Crippen LogP contribution in [0.2, 0.25) is 0 Å². The maximum absolute atomic E-state index is 11.7. The minimum Gasteiger partial charge on any atom is -0.335 e. The van der Waals surface area contributed by atoms with Crippen LogP contribution < -0.4 is 10.6 Å². The monoisotopic (exact) mass is 197 g/mol. The standard InChI is InChI=1S/C10H19N3O/c1-10(2-4-11-5-3-10)13-7-6-12-8-9(13)14/h11-12H,2-8H2,1H3. The Bertz CT molecular complexity index is 223. The molecule has 2 fully saturated rings. The summed E-state index contributed by atoms with van der Waals surface area (Å²) in [6.07, 6.45) is 2.16. The molecule has 2 N–H and O–H groups in total. The quantitative estimate of drug-likeness (QED) is 0.599. The van der Waals surface area contributed by atoms with Crippen molar-refractivity contribution in [3.63, 3.8) is 0 Å². The summed E-state index contributed by atoms with van der Waals surface area (Å²) in [7, 11) is 0. The first-order valence-corrected chi connectivity index (χ1v) is 5.44. The van der Waals surface area contributed by atoms with E-state index in [1.165, 1.54) is 0 Å². The fraction of sp³-hybridized carbons (Fsp3) is 0.900. The summed E-state index contributed by atoms with van der Waals surface area (Å²) in [5, 5.41) is 6.45. The van der Waals surface area contributed by atoms with Crippen molar-refractivity contribution in [1.82, 2.24) is 15.5 Å². The maximum Gasteiger partial charge on any atom is 0.237 e. The first-order valence-electron chi connectivity index (χ1n) is 5.44. The number of nitrogens with zero attached hydrogens (tertiary/aromatic N) is 1. The molecule has 0 aliphatic carbocycles. The zero-order valence-corrected chi connectivity index (χ0v) is 8.81. The summed E-state index contributed by atoms with van der Waals surface area (Å²) in [5.41, 5.74) is 0.102. The molecule has 0 aromatic rings. The Kier molecular flexibility index (Phi) is 2.74. The van der Waals surface area contributed by atoms with E-state index >= 15 is 0 Å². The maximum atomic E-state index is 11.7. The molecule has 0 atom stereocenters. The molecule has 4 nitrogen and oxygen atoms in total. The first kappa shape index (κ1) is 9.93. The summed E-state index contributed by atoms with van der Waals surface area (Å²) in [6.45, 7) is 6.62. The number of carbonyl (C=O) groups is 1. The second-order valence-corrected chi connectivity index (χ2v) is 4.47. The highest BCUT2D eigenvalue weighted by Crippen LogP contribution is 2.26. The molecule has 0 saturated carbocycles. The van der Waals surface area contributed by atoms with Crippen LogP contribution in [0.1, 0.15) is 19.8 Å². The zero-order chi connectivity index (χ0) is 10.0. The normalized spacial score (nSPS) is 27.8. The molecule has 80 valence electrons. The number of amides is 1. The second-order valence-electron chi connectivity index (χ2n) is 4.47. The van der Waals surface area contributed by atoms with Crippen molar-refractivity contribution in [2.45, 2.75) is 25.3 Å². The Morgan fingerprint density at radius 1 is 1.21 bits per heavy atom. The molecule has 2 rings (SSSR count). The lowest BCUT2D eigenvalue weighted by Crippen LogP contribution is -2.60. The van der Waals surface area contributed by atoms with Crippen molar-refractivity contribution >= 4 is 5.91 Å². The number of piperazine rings is 1. The topological polar surface area (TPSA) is 44.4 Å². The first-order chi connectivity index (χ1) is 6.72. The van der Waals surface area contributed by atoms with E-state index in [0.717, 1.165) is 39.0 Å². The van der Waals surface area contributed by atoms with Crippen LogP contribution in [0.25, 0.3) is 0 Å². The van der Waals surface area contributed by atoms with Crippen LogP contribution in [0.4, 0.5) is 0 Å². The molecule has 2 aliphatic heterocycles. The van der Waals surface area contributed by atoms with Gasteiger partial charge in [0.1, 0.15) is 0 Å². The summed E-state index contributed by atoms with van der Waals surface area (Å²) in [6, 6.07) is 0. The number of hydrogen-bond donors (Lipinski definition) is 2. The highest BCUT2D eigenvalue weighted by molar-refractivity contribution is 5.79. The Morgan fingerprint density at radius 2 is 1.93 bits per heavy atom. The SMILES string of the molecule is CC1(N2CCNCC2=O)CCNCC1. The van der Waals surface area contributed by atoms with Crippen molar-refractivity contribution in [3.05, 3.63) is 0 Å². The molecular formula is C10H19N3O. The minimum atomic E-state index is 0.102. The Morgan fingerprint density at radius 3 is 2.57 bits per heavy atom. The fourth-order valence-corrected chi connectivity index (χ4v) is 2.41. The summed E-state index contributed by atoms with van der Waals surface area (Å²) >= 11 is 0. The van der Waals surface area contributed by atoms with Crippen LogP contribution >= 0.6 is 0 Å². The summed E-state index contributed by atoms with van der Waals surface area (Å²) in [5.74, 6) is 0.264. The van der Waals surface area contributed by atoms with Gasteiger partial charge in [0.15, 0.2) is 0 Å². The van der Waals surface area contributed by atoms with Crippen LogP contribution in [-0.4, -0.2) is 49.1 Å². The van der Waals surface area contributed by atoms with E-state index in [2.05, 4.69) is 22.5 Å². The van der Waals surface area contributed by atoms with E-state index in [4.69, 9.17) is 0 Å². The minimum absolute atomic E-state index is 0.102. The van der Waals surface area contributed by atoms with Gasteiger partial charge < -0.3 is 15.5 Å². The molecular weight excluding hydrogens is 178 g/mol. The van der Waals surface area contributed by atoms with Crippen LogP contribution in [0.15, 0.2) is 0 Å². The summed E-state index contributed by atoms with van der Waals surface area (Å²) in [4.78, 5) is 13.8. The fourth-order valence-electron chi connectivity index (χ4n) is 2.41. The van der Waals surface area contributed by atoms with E-state index in [9.17, 15) is 4.79 Å². The summed E-state index contributed by atoms with van der Waals surface area (Å²) < 4.78 is 0. The van der Waals surface area contributed by atoms with Gasteiger partial charge in [-0.15, -0.1) is 0 Å². The van der Waals surface area contributed by atoms with Gasteiger partial charge in [0, 0.05) is 18.6 Å². The Balaban J connectivity index is 2.06. The third-order valence-corrected chi connectivity index (χ3v) is 3.42. The van der Waals surface area contributed by atoms with E-state index in [1.807, 2.05) is 0 Å². The van der Waals surface area contributed by atoms with Gasteiger partial charge in [-0.05, 0) is 32.9 Å². The van der Waals surface area contributed by atoms with E-state index in [0.29, 0.717) is 6.54 Å². The third-order valence-electron chi connectivity index (χ3n) is 3.42. The van der Waals surface area contributed by atoms with Gasteiger partial charge in [0.2, 0.25) is 5.91 Å². The number of nitrogens with one attached hydrogen (secondary N) is 2. The van der Waals surface area contributed by atoms with Crippen molar-refractivity contribution in [2.75, 3.05) is 32.7 Å². The molecule has 2 aliphatic rings. The third kappa shape index (κ3) is 1.77. The average Bonchev–Trinajstić information content (AvgIpc) is 2.19. The molecule has 0 unspecified atom stereocenters. The van der Waals surface area contributed by atoms with Gasteiger partial charge in [-0.1, -0.05) is 0 Å². The number of carbonyl (C=O) groups excluding carboxylic acids is 1. The molecule has 2 heterocycles. The van der Waals surface area contributed by atoms with Gasteiger partial charge in [0.25, 0.3) is 0 Å². The molecule has 0 spiro atoms. The van der Waals surface area contributed by atoms with Crippen molar-refractivity contribution in [3.8, 4) is 0 Å². The molecule has 4 heteroatoms. The lowest BCUT2D eigenvalue weighted by Gasteiger charge is -2.46. The highest BCUT2D eigenvalue weighted by atomic mass is 16.2. The lowest BCUT2D eigenvalue weighted by atomic mass is 9.88. The molecule has 0 radical (unpaired) electrons. The van der Waals surface area contributed by atoms with E-state index in [1.54, 1.807) is 0 Å². The van der Waals surface area contributed by atoms with Crippen molar-refractivity contribution in [2.24, 2.45) is 0 Å². The van der Waals surface area contributed by atoms with Gasteiger partial charge in [-0.3, -0.25) is 4.79 Å². The van der Waals surface area contributed by atoms with Gasteiger partial charge in [0.05, 0.1) is 6.54 Å². The number of rotatable bonds is 1. The predicted octanol–water partition coefficient (Wildman–Crippen LogP) is -0.440. The van der Waals surface area contributed by atoms with Crippen LogP contribution in [0.5, 0.6) is 0 Å². The van der Waals surface area contributed by atoms with Crippen LogP contribution in [0.3, 0.4) is 0 Å². The second kappa shape index (κ2) is 3.87. The van der Waals surface area contributed by atoms with Crippen molar-refractivity contribution < 1.29 is 4.79 Å². The van der Waals surface area contributed by atoms with E-state index in [-0.39, 0.29) is 11.4 Å². The lowest BCUT2D eigenvalue weighted by molar-refractivity contribution is -0.139. The molecule has 0 aromatic carbocycles. The van der Waals surface area contributed by atoms with Gasteiger partial charge in [-0.25, -0.2) is 0 Å². The average molecular weight is 197 g/mol. The predicted molar refractivity (Wildman–Crippen MR) is 55.1 cm³/mol. The highest BCUT2D eigenvalue weighted by Gasteiger charge is 2.36. The molecule has 0 aromatic heterocycles. The molecule has 1 amide bonds. The Hall–Kier alpha value is -0.610. The molecule has 14 heavy (non-hydrogen) atoms. The molecule has 0 bridgehead atoms. The number of piperidine rings is 1. The van der Waals surface area contributed by atoms with Crippen LogP contribution in [0, 0.1) is 0 Å². The smallest absolute Gasteiger partial charge is 0.237 e. The molecule has 2 saturated heterocycles. The zero-order valence-electron chi connectivity index (χ0n) is 8.81. The van der Waals surface area contributed by atoms with Crippen molar-refractivity contribution in [1.29, 1.82) is 0 Å². The largest absolute Gasteiger partial charge is 0.335 e. The number of hydrogen-bond acceptors (Lipinski definition) is 3.